The van der Waals surface area contributed by atoms with Gasteiger partial charge in [-0.3, -0.25) is 9.59 Å². The number of nitrogens with zero attached hydrogens (tertiary/aromatic N) is 3. The van der Waals surface area contributed by atoms with Crippen LogP contribution in [0.1, 0.15) is 36.9 Å². The number of nitrogens with one attached hydrogen (secondary N) is 1. The minimum absolute atomic E-state index is 0.185. The van der Waals surface area contributed by atoms with Crippen LogP contribution in [0.4, 0.5) is 21.6 Å². The Morgan fingerprint density at radius 2 is 1.62 bits per heavy atom. The fourth-order valence-electron chi connectivity index (χ4n) is 6.11. The molecule has 0 atom stereocenters. The lowest BCUT2D eigenvalue weighted by molar-refractivity contribution is 0.0981. The summed E-state index contributed by atoms with van der Waals surface area (Å²) in [4.78, 5) is 37.4. The number of thiophene rings is 1. The fraction of sp³-hybridized carbons (Fsp3) is 0.125. The second-order valence-electron chi connectivity index (χ2n) is 11.9. The highest BCUT2D eigenvalue weighted by Crippen LogP contribution is 2.42. The second-order valence-corrected chi connectivity index (χ2v) is 12.9. The minimum atomic E-state index is -0.470. The molecular weight excluding hydrogens is 620 g/mol. The Hall–Kier alpha value is -5.60. The molecule has 0 fully saturated rings. The molecule has 0 saturated carbocycles. The van der Waals surface area contributed by atoms with E-state index in [1.165, 1.54) is 17.4 Å². The Kier molecular flexibility index (Phi) is 8.57. The Bertz CT molecular complexity index is 2120. The van der Waals surface area contributed by atoms with Crippen LogP contribution >= 0.6 is 11.3 Å². The van der Waals surface area contributed by atoms with Gasteiger partial charge in [0.1, 0.15) is 17.3 Å². The van der Waals surface area contributed by atoms with E-state index in [9.17, 15) is 14.0 Å². The number of aromatic nitrogens is 1. The molecule has 0 bridgehead atoms. The van der Waals surface area contributed by atoms with Crippen LogP contribution in [0, 0.1) is 12.7 Å². The van der Waals surface area contributed by atoms with E-state index in [1.807, 2.05) is 72.6 Å². The maximum Gasteiger partial charge on any atom is 0.276 e. The Morgan fingerprint density at radius 1 is 0.875 bits per heavy atom. The zero-order chi connectivity index (χ0) is 33.2. The van der Waals surface area contributed by atoms with Crippen molar-refractivity contribution in [2.24, 2.45) is 0 Å². The molecule has 0 aliphatic carbocycles. The summed E-state index contributed by atoms with van der Waals surface area (Å²) in [5.41, 5.74) is 7.26. The van der Waals surface area contributed by atoms with Crippen molar-refractivity contribution in [3.05, 3.63) is 154 Å². The second kappa shape index (κ2) is 13.3. The third-order valence-corrected chi connectivity index (χ3v) is 9.79. The first-order chi connectivity index (χ1) is 23.4. The molecule has 1 aliphatic heterocycles. The van der Waals surface area contributed by atoms with Gasteiger partial charge in [-0.05, 0) is 77.6 Å². The summed E-state index contributed by atoms with van der Waals surface area (Å²) in [6.45, 7) is 2.81. The number of para-hydroxylation sites is 2. The number of hydrogen-bond acceptors (Lipinski definition) is 5. The van der Waals surface area contributed by atoms with E-state index in [-0.39, 0.29) is 17.5 Å². The average molecular weight is 653 g/mol. The Balaban J connectivity index is 1.12. The van der Waals surface area contributed by atoms with Gasteiger partial charge >= 0.3 is 0 Å². The molecule has 238 valence electrons. The highest BCUT2D eigenvalue weighted by atomic mass is 32.1. The van der Waals surface area contributed by atoms with E-state index in [0.29, 0.717) is 41.5 Å². The van der Waals surface area contributed by atoms with Crippen molar-refractivity contribution < 1.29 is 14.0 Å². The van der Waals surface area contributed by atoms with Gasteiger partial charge < -0.3 is 15.1 Å². The highest BCUT2D eigenvalue weighted by Gasteiger charge is 2.28. The number of pyridine rings is 1. The molecule has 8 heteroatoms. The van der Waals surface area contributed by atoms with Gasteiger partial charge in [0.25, 0.3) is 11.8 Å². The molecule has 0 saturated heterocycles. The standard InChI is InChI=1S/C40H33FN4O2S/c1-26-11-8-17-32(41)37(26)43-39(46)35-24-30-21-22-45(34-19-7-6-16-31(34)38(30)48-35)40(47)33-18-10-20-36(42-33)44(2)25-27-12-9-15-29(23-27)28-13-4-3-5-14-28/h3-20,23-24H,21-22,25H2,1-2H3,(H,43,46). The predicted octanol–water partition coefficient (Wildman–Crippen LogP) is 9.02. The molecule has 48 heavy (non-hydrogen) atoms. The van der Waals surface area contributed by atoms with Gasteiger partial charge in [-0.15, -0.1) is 11.3 Å². The van der Waals surface area contributed by atoms with Crippen LogP contribution in [-0.2, 0) is 13.0 Å². The van der Waals surface area contributed by atoms with Crippen LogP contribution in [0.5, 0.6) is 0 Å². The van der Waals surface area contributed by atoms with Crippen molar-refractivity contribution in [2.45, 2.75) is 19.9 Å². The number of fused-ring (bicyclic) bond motifs is 3. The first-order valence-corrected chi connectivity index (χ1v) is 16.6. The third-order valence-electron chi connectivity index (χ3n) is 8.58. The lowest BCUT2D eigenvalue weighted by atomic mass is 10.0. The van der Waals surface area contributed by atoms with Crippen LogP contribution in [0.3, 0.4) is 0 Å². The molecular formula is C40H33FN4O2S. The predicted molar refractivity (Wildman–Crippen MR) is 192 cm³/mol. The zero-order valence-corrected chi connectivity index (χ0v) is 27.4. The zero-order valence-electron chi connectivity index (χ0n) is 26.6. The van der Waals surface area contributed by atoms with E-state index in [4.69, 9.17) is 4.98 Å². The fourth-order valence-corrected chi connectivity index (χ4v) is 7.25. The maximum atomic E-state index is 14.4. The Labute approximate surface area is 283 Å². The van der Waals surface area contributed by atoms with E-state index >= 15 is 0 Å². The van der Waals surface area contributed by atoms with E-state index in [2.05, 4.69) is 41.7 Å². The number of anilines is 3. The number of rotatable bonds is 7. The largest absolute Gasteiger partial charge is 0.355 e. The highest BCUT2D eigenvalue weighted by molar-refractivity contribution is 7.17. The normalized spacial score (nSPS) is 12.1. The van der Waals surface area contributed by atoms with Gasteiger partial charge in [0.05, 0.1) is 16.3 Å². The summed E-state index contributed by atoms with van der Waals surface area (Å²) in [5.74, 6) is -0.313. The topological polar surface area (TPSA) is 65.5 Å². The molecule has 7 rings (SSSR count). The van der Waals surface area contributed by atoms with Crippen molar-refractivity contribution in [1.29, 1.82) is 0 Å². The van der Waals surface area contributed by atoms with Crippen molar-refractivity contribution in [3.8, 4) is 21.6 Å². The molecule has 0 radical (unpaired) electrons. The molecule has 3 heterocycles. The average Bonchev–Trinajstić information content (AvgIpc) is 3.48. The van der Waals surface area contributed by atoms with Crippen molar-refractivity contribution in [3.63, 3.8) is 0 Å². The third kappa shape index (κ3) is 6.22. The van der Waals surface area contributed by atoms with Crippen LogP contribution in [0.25, 0.3) is 21.6 Å². The summed E-state index contributed by atoms with van der Waals surface area (Å²) in [6.07, 6.45) is 0.551. The summed E-state index contributed by atoms with van der Waals surface area (Å²) < 4.78 is 14.4. The van der Waals surface area contributed by atoms with Crippen molar-refractivity contribution in [2.75, 3.05) is 28.7 Å². The first kappa shape index (κ1) is 31.0. The summed E-state index contributed by atoms with van der Waals surface area (Å²) in [7, 11) is 1.98. The Morgan fingerprint density at radius 3 is 2.46 bits per heavy atom. The van der Waals surface area contributed by atoms with Gasteiger partial charge in [-0.2, -0.15) is 0 Å². The first-order valence-electron chi connectivity index (χ1n) is 15.8. The van der Waals surface area contributed by atoms with E-state index in [1.54, 1.807) is 30.0 Å². The van der Waals surface area contributed by atoms with Gasteiger partial charge in [0.2, 0.25) is 0 Å². The van der Waals surface area contributed by atoms with E-state index < -0.39 is 5.82 Å². The number of hydrogen-bond donors (Lipinski definition) is 1. The van der Waals surface area contributed by atoms with Gasteiger partial charge in [0.15, 0.2) is 0 Å². The number of aryl methyl sites for hydroxylation is 1. The van der Waals surface area contributed by atoms with Crippen molar-refractivity contribution >= 4 is 40.3 Å². The number of amides is 2. The van der Waals surface area contributed by atoms with E-state index in [0.717, 1.165) is 38.4 Å². The lowest BCUT2D eigenvalue weighted by Gasteiger charge is -2.24. The molecule has 0 spiro atoms. The van der Waals surface area contributed by atoms with Crippen LogP contribution in [0.2, 0.25) is 0 Å². The smallest absolute Gasteiger partial charge is 0.276 e. The molecule has 0 unspecified atom stereocenters. The van der Waals surface area contributed by atoms with Gasteiger partial charge in [-0.25, -0.2) is 9.37 Å². The van der Waals surface area contributed by atoms with Crippen LogP contribution < -0.4 is 15.1 Å². The maximum absolute atomic E-state index is 14.4. The number of halogens is 1. The summed E-state index contributed by atoms with van der Waals surface area (Å²) in [6, 6.07) is 38.6. The summed E-state index contributed by atoms with van der Waals surface area (Å²) >= 11 is 1.35. The lowest BCUT2D eigenvalue weighted by Crippen LogP contribution is -2.33. The van der Waals surface area contributed by atoms with Crippen molar-refractivity contribution in [1.82, 2.24) is 4.98 Å². The number of benzene rings is 4. The van der Waals surface area contributed by atoms with Gasteiger partial charge in [-0.1, -0.05) is 84.9 Å². The molecule has 1 N–H and O–H groups in total. The SMILES string of the molecule is Cc1cccc(F)c1NC(=O)c1cc2c(s1)-c1ccccc1N(C(=O)c1cccc(N(C)Cc3cccc(-c4ccccc4)c3)n1)CC2. The quantitative estimate of drug-likeness (QED) is 0.187. The van der Waals surface area contributed by atoms with Gasteiger partial charge in [0, 0.05) is 30.6 Å². The number of carbonyl (C=O) groups excluding carboxylic acids is 2. The molecule has 1 aliphatic rings. The summed E-state index contributed by atoms with van der Waals surface area (Å²) in [5, 5.41) is 2.75. The molecule has 2 aromatic heterocycles. The monoisotopic (exact) mass is 652 g/mol. The molecule has 6 nitrogen and oxygen atoms in total. The number of carbonyl (C=O) groups is 2. The molecule has 4 aromatic carbocycles. The van der Waals surface area contributed by atoms with Crippen LogP contribution in [-0.4, -0.2) is 30.4 Å². The minimum Gasteiger partial charge on any atom is -0.355 e. The molecule has 2 amide bonds. The molecule has 6 aromatic rings. The van der Waals surface area contributed by atoms with Crippen LogP contribution in [0.15, 0.2) is 121 Å².